The van der Waals surface area contributed by atoms with Crippen LogP contribution >= 0.6 is 0 Å². The minimum absolute atomic E-state index is 0.257. The third-order valence-corrected chi connectivity index (χ3v) is 2.86. The van der Waals surface area contributed by atoms with Crippen LogP contribution in [-0.2, 0) is 0 Å². The SMILES string of the molecule is CN(CCNCCF)C1CCCC1. The zero-order chi connectivity index (χ0) is 9.52. The van der Waals surface area contributed by atoms with Gasteiger partial charge < -0.3 is 10.2 Å². The average molecular weight is 188 g/mol. The fourth-order valence-corrected chi connectivity index (χ4v) is 1.97. The van der Waals surface area contributed by atoms with Crippen LogP contribution in [0.15, 0.2) is 0 Å². The van der Waals surface area contributed by atoms with Crippen LogP contribution in [0.25, 0.3) is 0 Å². The second kappa shape index (κ2) is 6.33. The molecule has 0 radical (unpaired) electrons. The molecule has 1 rings (SSSR count). The number of alkyl halides is 1. The minimum atomic E-state index is -0.257. The van der Waals surface area contributed by atoms with Gasteiger partial charge in [0, 0.05) is 25.7 Å². The van der Waals surface area contributed by atoms with Gasteiger partial charge >= 0.3 is 0 Å². The highest BCUT2D eigenvalue weighted by atomic mass is 19.1. The molecule has 1 N–H and O–H groups in total. The monoisotopic (exact) mass is 188 g/mol. The van der Waals surface area contributed by atoms with Gasteiger partial charge in [0.05, 0.1) is 0 Å². The molecular formula is C10H21FN2. The van der Waals surface area contributed by atoms with Crippen molar-refractivity contribution in [2.24, 2.45) is 0 Å². The van der Waals surface area contributed by atoms with E-state index in [0.717, 1.165) is 19.1 Å². The van der Waals surface area contributed by atoms with Crippen molar-refractivity contribution in [1.82, 2.24) is 10.2 Å². The molecule has 0 spiro atoms. The van der Waals surface area contributed by atoms with E-state index < -0.39 is 0 Å². The lowest BCUT2D eigenvalue weighted by atomic mass is 10.2. The summed E-state index contributed by atoms with van der Waals surface area (Å²) < 4.78 is 11.7. The molecule has 0 aromatic carbocycles. The van der Waals surface area contributed by atoms with E-state index in [1.165, 1.54) is 25.7 Å². The number of nitrogens with one attached hydrogen (secondary N) is 1. The molecule has 0 amide bonds. The van der Waals surface area contributed by atoms with Crippen LogP contribution in [0.4, 0.5) is 4.39 Å². The molecule has 0 heterocycles. The third-order valence-electron chi connectivity index (χ3n) is 2.86. The Hall–Kier alpha value is -0.150. The molecule has 1 aliphatic carbocycles. The van der Waals surface area contributed by atoms with E-state index in [0.29, 0.717) is 6.54 Å². The first-order valence-electron chi connectivity index (χ1n) is 5.31. The van der Waals surface area contributed by atoms with Crippen molar-refractivity contribution in [3.05, 3.63) is 0 Å². The molecule has 0 atom stereocenters. The predicted octanol–water partition coefficient (Wildman–Crippen LogP) is 1.42. The minimum Gasteiger partial charge on any atom is -0.313 e. The zero-order valence-corrected chi connectivity index (χ0v) is 8.56. The van der Waals surface area contributed by atoms with Crippen molar-refractivity contribution in [2.75, 3.05) is 33.4 Å². The molecule has 0 unspecified atom stereocenters. The van der Waals surface area contributed by atoms with Gasteiger partial charge in [-0.2, -0.15) is 0 Å². The summed E-state index contributed by atoms with van der Waals surface area (Å²) in [6.07, 6.45) is 5.46. The number of nitrogens with zero attached hydrogens (tertiary/aromatic N) is 1. The molecule has 2 nitrogen and oxygen atoms in total. The van der Waals surface area contributed by atoms with Gasteiger partial charge in [-0.15, -0.1) is 0 Å². The Kier molecular flexibility index (Phi) is 5.32. The maximum Gasteiger partial charge on any atom is 0.102 e. The Morgan fingerprint density at radius 2 is 2.00 bits per heavy atom. The van der Waals surface area contributed by atoms with Gasteiger partial charge in [0.1, 0.15) is 6.67 Å². The summed E-state index contributed by atoms with van der Waals surface area (Å²) in [5.41, 5.74) is 0. The summed E-state index contributed by atoms with van der Waals surface area (Å²) in [5.74, 6) is 0. The smallest absolute Gasteiger partial charge is 0.102 e. The summed E-state index contributed by atoms with van der Waals surface area (Å²) in [6, 6.07) is 0.784. The van der Waals surface area contributed by atoms with Crippen molar-refractivity contribution >= 4 is 0 Å². The molecule has 1 aliphatic rings. The van der Waals surface area contributed by atoms with Crippen LogP contribution in [0, 0.1) is 0 Å². The first-order valence-corrected chi connectivity index (χ1v) is 5.31. The van der Waals surface area contributed by atoms with Crippen molar-refractivity contribution < 1.29 is 4.39 Å². The lowest BCUT2D eigenvalue weighted by Crippen LogP contribution is -2.35. The number of rotatable bonds is 6. The number of hydrogen-bond acceptors (Lipinski definition) is 2. The molecule has 0 aromatic rings. The van der Waals surface area contributed by atoms with E-state index >= 15 is 0 Å². The topological polar surface area (TPSA) is 15.3 Å². The van der Waals surface area contributed by atoms with Gasteiger partial charge in [0.15, 0.2) is 0 Å². The van der Waals surface area contributed by atoms with Gasteiger partial charge in [0.25, 0.3) is 0 Å². The van der Waals surface area contributed by atoms with Gasteiger partial charge in [-0.1, -0.05) is 12.8 Å². The highest BCUT2D eigenvalue weighted by Crippen LogP contribution is 2.21. The van der Waals surface area contributed by atoms with Gasteiger partial charge in [-0.05, 0) is 19.9 Å². The predicted molar refractivity (Wildman–Crippen MR) is 53.7 cm³/mol. The van der Waals surface area contributed by atoms with Crippen LogP contribution in [-0.4, -0.2) is 44.3 Å². The molecule has 13 heavy (non-hydrogen) atoms. The van der Waals surface area contributed by atoms with E-state index in [-0.39, 0.29) is 6.67 Å². The normalized spacial score (nSPS) is 18.7. The van der Waals surface area contributed by atoms with Crippen molar-refractivity contribution in [2.45, 2.75) is 31.7 Å². The Morgan fingerprint density at radius 1 is 1.31 bits per heavy atom. The standard InChI is InChI=1S/C10H21FN2/c1-13(9-8-12-7-6-11)10-4-2-3-5-10/h10,12H,2-9H2,1H3. The molecule has 3 heteroatoms. The zero-order valence-electron chi connectivity index (χ0n) is 8.56. The molecule has 0 saturated heterocycles. The van der Waals surface area contributed by atoms with Crippen LogP contribution in [0.1, 0.15) is 25.7 Å². The molecule has 0 aromatic heterocycles. The lowest BCUT2D eigenvalue weighted by Gasteiger charge is -2.23. The van der Waals surface area contributed by atoms with Gasteiger partial charge in [0.2, 0.25) is 0 Å². The fourth-order valence-electron chi connectivity index (χ4n) is 1.97. The van der Waals surface area contributed by atoms with Crippen molar-refractivity contribution in [3.63, 3.8) is 0 Å². The highest BCUT2D eigenvalue weighted by molar-refractivity contribution is 4.75. The molecule has 78 valence electrons. The number of halogens is 1. The van der Waals surface area contributed by atoms with E-state index in [2.05, 4.69) is 17.3 Å². The molecule has 1 fully saturated rings. The Balaban J connectivity index is 1.99. The fraction of sp³-hybridized carbons (Fsp3) is 1.00. The van der Waals surface area contributed by atoms with Crippen LogP contribution in [0.3, 0.4) is 0 Å². The van der Waals surface area contributed by atoms with Crippen LogP contribution in [0.5, 0.6) is 0 Å². The summed E-state index contributed by atoms with van der Waals surface area (Å²) in [7, 11) is 2.17. The van der Waals surface area contributed by atoms with Crippen molar-refractivity contribution in [3.8, 4) is 0 Å². The molecule has 0 bridgehead atoms. The van der Waals surface area contributed by atoms with E-state index in [1.807, 2.05) is 0 Å². The quantitative estimate of drug-likeness (QED) is 0.634. The van der Waals surface area contributed by atoms with Gasteiger partial charge in [-0.3, -0.25) is 0 Å². The molecule has 0 aliphatic heterocycles. The summed E-state index contributed by atoms with van der Waals surface area (Å²) in [4.78, 5) is 2.40. The number of hydrogen-bond donors (Lipinski definition) is 1. The molecular weight excluding hydrogens is 167 g/mol. The van der Waals surface area contributed by atoms with Crippen LogP contribution in [0.2, 0.25) is 0 Å². The second-order valence-corrected chi connectivity index (χ2v) is 3.86. The highest BCUT2D eigenvalue weighted by Gasteiger charge is 2.18. The Labute approximate surface area is 80.5 Å². The van der Waals surface area contributed by atoms with Gasteiger partial charge in [-0.25, -0.2) is 4.39 Å². The average Bonchev–Trinajstić information content (AvgIpc) is 2.65. The Bertz CT molecular complexity index is 124. The first kappa shape index (κ1) is 10.9. The summed E-state index contributed by atoms with van der Waals surface area (Å²) >= 11 is 0. The largest absolute Gasteiger partial charge is 0.313 e. The second-order valence-electron chi connectivity index (χ2n) is 3.86. The maximum absolute atomic E-state index is 11.7. The Morgan fingerprint density at radius 3 is 2.62 bits per heavy atom. The summed E-state index contributed by atoms with van der Waals surface area (Å²) in [5, 5.41) is 3.07. The van der Waals surface area contributed by atoms with Crippen LogP contribution < -0.4 is 5.32 Å². The van der Waals surface area contributed by atoms with E-state index in [4.69, 9.17) is 0 Å². The van der Waals surface area contributed by atoms with E-state index in [1.54, 1.807) is 0 Å². The van der Waals surface area contributed by atoms with Crippen molar-refractivity contribution in [1.29, 1.82) is 0 Å². The molecule has 1 saturated carbocycles. The third kappa shape index (κ3) is 4.05. The summed E-state index contributed by atoms with van der Waals surface area (Å²) in [6.45, 7) is 2.20. The lowest BCUT2D eigenvalue weighted by molar-refractivity contribution is 0.245. The first-order chi connectivity index (χ1) is 6.34. The number of likely N-dealkylation sites (N-methyl/N-ethyl adjacent to an activating group) is 1. The maximum atomic E-state index is 11.7. The van der Waals surface area contributed by atoms with E-state index in [9.17, 15) is 4.39 Å².